The van der Waals surface area contributed by atoms with Crippen molar-refractivity contribution in [1.29, 1.82) is 0 Å². The number of carboxylic acid groups (broad SMARTS) is 1. The van der Waals surface area contributed by atoms with Gasteiger partial charge in [0.1, 0.15) is 6.04 Å². The van der Waals surface area contributed by atoms with Gasteiger partial charge in [-0.1, -0.05) is 23.7 Å². The van der Waals surface area contributed by atoms with Gasteiger partial charge in [-0.2, -0.15) is 0 Å². The molecule has 0 aliphatic rings. The van der Waals surface area contributed by atoms with Gasteiger partial charge in [0.2, 0.25) is 5.91 Å². The van der Waals surface area contributed by atoms with E-state index in [2.05, 4.69) is 5.32 Å². The van der Waals surface area contributed by atoms with E-state index in [9.17, 15) is 9.59 Å². The molecule has 6 heteroatoms. The lowest BCUT2D eigenvalue weighted by molar-refractivity contribution is -0.142. The Balaban J connectivity index is 2.29. The van der Waals surface area contributed by atoms with Crippen molar-refractivity contribution in [2.45, 2.75) is 19.4 Å². The highest BCUT2D eigenvalue weighted by Crippen LogP contribution is 2.09. The summed E-state index contributed by atoms with van der Waals surface area (Å²) >= 11 is 5.79. The SMILES string of the molecule is CC(C(=O)O)N(C)CC(=O)NCCc1ccc(Cl)cc1. The van der Waals surface area contributed by atoms with Crippen LogP contribution in [0.1, 0.15) is 12.5 Å². The van der Waals surface area contributed by atoms with Crippen LogP contribution < -0.4 is 5.32 Å². The summed E-state index contributed by atoms with van der Waals surface area (Å²) < 4.78 is 0. The zero-order chi connectivity index (χ0) is 15.1. The number of hydrogen-bond donors (Lipinski definition) is 2. The van der Waals surface area contributed by atoms with Crippen LogP contribution in [0, 0.1) is 0 Å². The fraction of sp³-hybridized carbons (Fsp3) is 0.429. The fourth-order valence-corrected chi connectivity index (χ4v) is 1.73. The average molecular weight is 299 g/mol. The maximum atomic E-state index is 11.7. The van der Waals surface area contributed by atoms with Gasteiger partial charge in [0.05, 0.1) is 6.54 Å². The lowest BCUT2D eigenvalue weighted by Crippen LogP contribution is -2.43. The number of benzene rings is 1. The summed E-state index contributed by atoms with van der Waals surface area (Å²) in [6, 6.07) is 6.75. The zero-order valence-corrected chi connectivity index (χ0v) is 12.4. The Bertz CT molecular complexity index is 462. The minimum absolute atomic E-state index is 0.0636. The molecular weight excluding hydrogens is 280 g/mol. The number of rotatable bonds is 7. The van der Waals surface area contributed by atoms with Crippen molar-refractivity contribution in [3.8, 4) is 0 Å². The molecule has 110 valence electrons. The van der Waals surface area contributed by atoms with Crippen LogP contribution >= 0.6 is 11.6 Å². The van der Waals surface area contributed by atoms with E-state index in [0.717, 1.165) is 5.56 Å². The van der Waals surface area contributed by atoms with Gasteiger partial charge >= 0.3 is 5.97 Å². The molecule has 0 spiro atoms. The summed E-state index contributed by atoms with van der Waals surface area (Å²) in [4.78, 5) is 23.9. The first-order chi connectivity index (χ1) is 9.40. The topological polar surface area (TPSA) is 69.6 Å². The Kier molecular flexibility index (Phi) is 6.48. The minimum atomic E-state index is -0.943. The molecule has 0 heterocycles. The second-order valence-corrected chi connectivity index (χ2v) is 5.09. The van der Waals surface area contributed by atoms with E-state index < -0.39 is 12.0 Å². The van der Waals surface area contributed by atoms with E-state index in [1.54, 1.807) is 26.1 Å². The highest BCUT2D eigenvalue weighted by Gasteiger charge is 2.18. The lowest BCUT2D eigenvalue weighted by Gasteiger charge is -2.20. The van der Waals surface area contributed by atoms with Crippen molar-refractivity contribution in [3.05, 3.63) is 34.9 Å². The zero-order valence-electron chi connectivity index (χ0n) is 11.6. The molecule has 1 atom stereocenters. The Hall–Kier alpha value is -1.59. The van der Waals surface area contributed by atoms with Gasteiger partial charge in [-0.25, -0.2) is 0 Å². The van der Waals surface area contributed by atoms with E-state index in [1.165, 1.54) is 4.90 Å². The second-order valence-electron chi connectivity index (χ2n) is 4.66. The van der Waals surface area contributed by atoms with E-state index in [-0.39, 0.29) is 12.5 Å². The number of nitrogens with one attached hydrogen (secondary N) is 1. The van der Waals surface area contributed by atoms with Crippen LogP contribution in [0.25, 0.3) is 0 Å². The maximum Gasteiger partial charge on any atom is 0.320 e. The Morgan fingerprint density at radius 2 is 1.95 bits per heavy atom. The summed E-state index contributed by atoms with van der Waals surface area (Å²) in [5, 5.41) is 12.3. The van der Waals surface area contributed by atoms with E-state index in [0.29, 0.717) is 18.0 Å². The lowest BCUT2D eigenvalue weighted by atomic mass is 10.1. The number of aliphatic carboxylic acids is 1. The predicted molar refractivity (Wildman–Crippen MR) is 77.9 cm³/mol. The predicted octanol–water partition coefficient (Wildman–Crippen LogP) is 1.40. The number of hydrogen-bond acceptors (Lipinski definition) is 3. The van der Waals surface area contributed by atoms with Gasteiger partial charge in [-0.15, -0.1) is 0 Å². The van der Waals surface area contributed by atoms with Crippen molar-refractivity contribution < 1.29 is 14.7 Å². The molecule has 0 saturated carbocycles. The molecule has 1 rings (SSSR count). The normalized spacial score (nSPS) is 12.2. The molecule has 1 unspecified atom stereocenters. The summed E-state index contributed by atoms with van der Waals surface area (Å²) in [6.45, 7) is 2.12. The number of carbonyl (C=O) groups excluding carboxylic acids is 1. The summed E-state index contributed by atoms with van der Waals surface area (Å²) in [5.74, 6) is -1.13. The molecule has 0 bridgehead atoms. The molecule has 0 radical (unpaired) electrons. The average Bonchev–Trinajstić information content (AvgIpc) is 2.39. The number of nitrogens with zero attached hydrogens (tertiary/aromatic N) is 1. The molecular formula is C14H19ClN2O3. The third-order valence-corrected chi connectivity index (χ3v) is 3.31. The largest absolute Gasteiger partial charge is 0.480 e. The molecule has 5 nitrogen and oxygen atoms in total. The van der Waals surface area contributed by atoms with Crippen molar-refractivity contribution in [2.75, 3.05) is 20.1 Å². The van der Waals surface area contributed by atoms with Crippen molar-refractivity contribution in [2.24, 2.45) is 0 Å². The van der Waals surface area contributed by atoms with Gasteiger partial charge < -0.3 is 10.4 Å². The number of amides is 1. The maximum absolute atomic E-state index is 11.7. The third-order valence-electron chi connectivity index (χ3n) is 3.06. The Labute approximate surface area is 123 Å². The van der Waals surface area contributed by atoms with Crippen LogP contribution in [-0.4, -0.2) is 48.1 Å². The number of carboxylic acids is 1. The number of likely N-dealkylation sites (N-methyl/N-ethyl adjacent to an activating group) is 1. The summed E-state index contributed by atoms with van der Waals surface area (Å²) in [7, 11) is 1.61. The van der Waals surface area contributed by atoms with Crippen LogP contribution in [0.5, 0.6) is 0 Å². The first-order valence-corrected chi connectivity index (χ1v) is 6.72. The smallest absolute Gasteiger partial charge is 0.320 e. The van der Waals surface area contributed by atoms with Crippen LogP contribution in [0.4, 0.5) is 0 Å². The molecule has 0 fully saturated rings. The van der Waals surface area contributed by atoms with E-state index in [4.69, 9.17) is 16.7 Å². The van der Waals surface area contributed by atoms with Gasteiger partial charge in [0.15, 0.2) is 0 Å². The number of halogens is 1. The Morgan fingerprint density at radius 3 is 2.50 bits per heavy atom. The van der Waals surface area contributed by atoms with Gasteiger partial charge in [-0.3, -0.25) is 14.5 Å². The standard InChI is InChI=1S/C14H19ClN2O3/c1-10(14(19)20)17(2)9-13(18)16-8-7-11-3-5-12(15)6-4-11/h3-6,10H,7-9H2,1-2H3,(H,16,18)(H,19,20). The van der Waals surface area contributed by atoms with Crippen molar-refractivity contribution in [3.63, 3.8) is 0 Å². The monoisotopic (exact) mass is 298 g/mol. The second kappa shape index (κ2) is 7.87. The fourth-order valence-electron chi connectivity index (χ4n) is 1.61. The van der Waals surface area contributed by atoms with Gasteiger partial charge in [-0.05, 0) is 38.1 Å². The quantitative estimate of drug-likeness (QED) is 0.798. The molecule has 20 heavy (non-hydrogen) atoms. The van der Waals surface area contributed by atoms with Crippen molar-refractivity contribution in [1.82, 2.24) is 10.2 Å². The summed E-state index contributed by atoms with van der Waals surface area (Å²) in [6.07, 6.45) is 0.709. The molecule has 2 N–H and O–H groups in total. The Morgan fingerprint density at radius 1 is 1.35 bits per heavy atom. The van der Waals surface area contributed by atoms with E-state index >= 15 is 0 Å². The first kappa shape index (κ1) is 16.5. The highest BCUT2D eigenvalue weighted by molar-refractivity contribution is 6.30. The summed E-state index contributed by atoms with van der Waals surface area (Å²) in [5.41, 5.74) is 1.09. The molecule has 0 aliphatic heterocycles. The van der Waals surface area contributed by atoms with E-state index in [1.807, 2.05) is 12.1 Å². The van der Waals surface area contributed by atoms with Gasteiger partial charge in [0, 0.05) is 11.6 Å². The van der Waals surface area contributed by atoms with Crippen LogP contribution in [0.15, 0.2) is 24.3 Å². The first-order valence-electron chi connectivity index (χ1n) is 6.34. The molecule has 0 aromatic heterocycles. The molecule has 0 saturated heterocycles. The number of carbonyl (C=O) groups is 2. The van der Waals surface area contributed by atoms with Crippen LogP contribution in [0.2, 0.25) is 5.02 Å². The third kappa shape index (κ3) is 5.59. The van der Waals surface area contributed by atoms with Crippen LogP contribution in [-0.2, 0) is 16.0 Å². The van der Waals surface area contributed by atoms with Gasteiger partial charge in [0.25, 0.3) is 0 Å². The molecule has 1 amide bonds. The van der Waals surface area contributed by atoms with Crippen molar-refractivity contribution >= 4 is 23.5 Å². The molecule has 0 aliphatic carbocycles. The molecule has 1 aromatic rings. The highest BCUT2D eigenvalue weighted by atomic mass is 35.5. The minimum Gasteiger partial charge on any atom is -0.480 e. The van der Waals surface area contributed by atoms with Crippen LogP contribution in [0.3, 0.4) is 0 Å². The molecule has 1 aromatic carbocycles.